The molecule has 1 aromatic carbocycles. The Bertz CT molecular complexity index is 588. The SMILES string of the molecule is O=C(O)c1cc(-c2ccc(O)c(O)c2O)on1. The van der Waals surface area contributed by atoms with Crippen molar-refractivity contribution in [2.24, 2.45) is 0 Å². The first-order valence-electron chi connectivity index (χ1n) is 4.45. The molecule has 17 heavy (non-hydrogen) atoms. The number of aromatic nitrogens is 1. The van der Waals surface area contributed by atoms with Crippen LogP contribution in [0.15, 0.2) is 22.7 Å². The van der Waals surface area contributed by atoms with Crippen molar-refractivity contribution in [1.82, 2.24) is 5.16 Å². The smallest absolute Gasteiger partial charge is 0.358 e. The fraction of sp³-hybridized carbons (Fsp3) is 0. The molecular weight excluding hydrogens is 230 g/mol. The van der Waals surface area contributed by atoms with Crippen molar-refractivity contribution in [2.45, 2.75) is 0 Å². The lowest BCUT2D eigenvalue weighted by molar-refractivity contribution is 0.0686. The lowest BCUT2D eigenvalue weighted by Gasteiger charge is -2.03. The average molecular weight is 237 g/mol. The predicted molar refractivity (Wildman–Crippen MR) is 53.9 cm³/mol. The van der Waals surface area contributed by atoms with E-state index < -0.39 is 23.2 Å². The van der Waals surface area contributed by atoms with Gasteiger partial charge in [0.2, 0.25) is 5.75 Å². The second-order valence-corrected chi connectivity index (χ2v) is 3.21. The number of carboxylic acids is 1. The third-order valence-electron chi connectivity index (χ3n) is 2.12. The van der Waals surface area contributed by atoms with Crippen LogP contribution in [0.1, 0.15) is 10.5 Å². The van der Waals surface area contributed by atoms with E-state index >= 15 is 0 Å². The van der Waals surface area contributed by atoms with Gasteiger partial charge in [-0.05, 0) is 12.1 Å². The monoisotopic (exact) mass is 237 g/mol. The van der Waals surface area contributed by atoms with E-state index in [1.54, 1.807) is 0 Å². The summed E-state index contributed by atoms with van der Waals surface area (Å²) in [5.74, 6) is -3.13. The molecule has 4 N–H and O–H groups in total. The van der Waals surface area contributed by atoms with Crippen molar-refractivity contribution >= 4 is 5.97 Å². The first-order valence-corrected chi connectivity index (χ1v) is 4.45. The van der Waals surface area contributed by atoms with Gasteiger partial charge in [0.1, 0.15) is 0 Å². The Balaban J connectivity index is 2.53. The summed E-state index contributed by atoms with van der Waals surface area (Å²) >= 11 is 0. The Morgan fingerprint density at radius 2 is 1.88 bits per heavy atom. The lowest BCUT2D eigenvalue weighted by atomic mass is 10.1. The Labute approximate surface area is 94.2 Å². The number of aromatic carboxylic acids is 1. The molecule has 1 heterocycles. The van der Waals surface area contributed by atoms with Gasteiger partial charge in [-0.15, -0.1) is 0 Å². The number of phenolic OH excluding ortho intramolecular Hbond substituents is 3. The number of hydrogen-bond acceptors (Lipinski definition) is 6. The third kappa shape index (κ3) is 1.73. The highest BCUT2D eigenvalue weighted by molar-refractivity contribution is 5.87. The molecule has 0 unspecified atom stereocenters. The van der Waals surface area contributed by atoms with E-state index in [-0.39, 0.29) is 17.0 Å². The van der Waals surface area contributed by atoms with E-state index in [2.05, 4.69) is 5.16 Å². The van der Waals surface area contributed by atoms with Crippen LogP contribution in [0.5, 0.6) is 17.2 Å². The molecule has 1 aromatic heterocycles. The number of carboxylic acid groups (broad SMARTS) is 1. The molecule has 2 rings (SSSR count). The summed E-state index contributed by atoms with van der Waals surface area (Å²) in [6, 6.07) is 3.48. The first kappa shape index (κ1) is 10.8. The number of hydrogen-bond donors (Lipinski definition) is 4. The number of carbonyl (C=O) groups is 1. The molecule has 0 aliphatic rings. The van der Waals surface area contributed by atoms with Gasteiger partial charge >= 0.3 is 5.97 Å². The fourth-order valence-electron chi connectivity index (χ4n) is 1.27. The Hall–Kier alpha value is -2.70. The minimum atomic E-state index is -1.28. The largest absolute Gasteiger partial charge is 0.504 e. The van der Waals surface area contributed by atoms with E-state index in [1.165, 1.54) is 6.07 Å². The van der Waals surface area contributed by atoms with Crippen LogP contribution >= 0.6 is 0 Å². The quantitative estimate of drug-likeness (QED) is 0.577. The number of benzene rings is 1. The molecule has 0 amide bonds. The molecule has 0 aliphatic heterocycles. The van der Waals surface area contributed by atoms with Crippen molar-refractivity contribution in [3.8, 4) is 28.6 Å². The van der Waals surface area contributed by atoms with Crippen molar-refractivity contribution < 1.29 is 29.7 Å². The maximum atomic E-state index is 10.6. The number of nitrogens with zero attached hydrogens (tertiary/aromatic N) is 1. The molecule has 88 valence electrons. The van der Waals surface area contributed by atoms with Gasteiger partial charge in [-0.25, -0.2) is 4.79 Å². The van der Waals surface area contributed by atoms with Crippen LogP contribution in [0.4, 0.5) is 0 Å². The van der Waals surface area contributed by atoms with Crippen molar-refractivity contribution in [2.75, 3.05) is 0 Å². The van der Waals surface area contributed by atoms with Crippen LogP contribution in [-0.4, -0.2) is 31.6 Å². The molecule has 7 nitrogen and oxygen atoms in total. The van der Waals surface area contributed by atoms with Gasteiger partial charge < -0.3 is 24.9 Å². The van der Waals surface area contributed by atoms with Crippen LogP contribution in [0.25, 0.3) is 11.3 Å². The maximum Gasteiger partial charge on any atom is 0.358 e. The highest BCUT2D eigenvalue weighted by atomic mass is 16.5. The van der Waals surface area contributed by atoms with Gasteiger partial charge in [-0.1, -0.05) is 5.16 Å². The molecule has 0 radical (unpaired) electrons. The molecule has 0 aliphatic carbocycles. The molecule has 2 aromatic rings. The van der Waals surface area contributed by atoms with Gasteiger partial charge in [0, 0.05) is 6.07 Å². The normalized spacial score (nSPS) is 10.4. The standard InChI is InChI=1S/C10H7NO6/c12-6-2-1-4(8(13)9(6)14)7-3-5(10(15)16)11-17-7/h1-3,12-14H,(H,15,16). The first-order chi connectivity index (χ1) is 8.00. The molecule has 0 saturated heterocycles. The van der Waals surface area contributed by atoms with Crippen LogP contribution in [0.3, 0.4) is 0 Å². The molecule has 0 fully saturated rings. The lowest BCUT2D eigenvalue weighted by Crippen LogP contribution is -1.94. The number of rotatable bonds is 2. The predicted octanol–water partition coefficient (Wildman–Crippen LogP) is 1.16. The minimum absolute atomic E-state index is 0.0281. The Morgan fingerprint density at radius 3 is 2.47 bits per heavy atom. The van der Waals surface area contributed by atoms with Gasteiger partial charge in [0.05, 0.1) is 5.56 Å². The van der Waals surface area contributed by atoms with Crippen LogP contribution in [-0.2, 0) is 0 Å². The van der Waals surface area contributed by atoms with Crippen molar-refractivity contribution in [3.63, 3.8) is 0 Å². The van der Waals surface area contributed by atoms with Gasteiger partial charge in [0.25, 0.3) is 0 Å². The van der Waals surface area contributed by atoms with Gasteiger partial charge in [-0.3, -0.25) is 0 Å². The van der Waals surface area contributed by atoms with Crippen molar-refractivity contribution in [3.05, 3.63) is 23.9 Å². The summed E-state index contributed by atoms with van der Waals surface area (Å²) < 4.78 is 4.70. The zero-order valence-corrected chi connectivity index (χ0v) is 8.28. The van der Waals surface area contributed by atoms with E-state index in [1.807, 2.05) is 0 Å². The summed E-state index contributed by atoms with van der Waals surface area (Å²) in [4.78, 5) is 10.6. The zero-order valence-electron chi connectivity index (χ0n) is 8.28. The molecular formula is C10H7NO6. The Morgan fingerprint density at radius 1 is 1.18 bits per heavy atom. The third-order valence-corrected chi connectivity index (χ3v) is 2.12. The molecule has 0 bridgehead atoms. The fourth-order valence-corrected chi connectivity index (χ4v) is 1.27. The van der Waals surface area contributed by atoms with Crippen LogP contribution < -0.4 is 0 Å². The topological polar surface area (TPSA) is 124 Å². The summed E-state index contributed by atoms with van der Waals surface area (Å²) in [5, 5.41) is 39.8. The van der Waals surface area contributed by atoms with E-state index in [0.29, 0.717) is 0 Å². The summed E-state index contributed by atoms with van der Waals surface area (Å²) in [5.41, 5.74) is -0.299. The van der Waals surface area contributed by atoms with E-state index in [0.717, 1.165) is 12.1 Å². The van der Waals surface area contributed by atoms with Crippen LogP contribution in [0, 0.1) is 0 Å². The highest BCUT2D eigenvalue weighted by Gasteiger charge is 2.18. The van der Waals surface area contributed by atoms with Crippen molar-refractivity contribution in [1.29, 1.82) is 0 Å². The van der Waals surface area contributed by atoms with Gasteiger partial charge in [0.15, 0.2) is 23.0 Å². The number of phenols is 3. The molecule has 0 atom stereocenters. The Kier molecular flexibility index (Phi) is 2.36. The highest BCUT2D eigenvalue weighted by Crippen LogP contribution is 2.42. The number of aromatic hydroxyl groups is 3. The zero-order chi connectivity index (χ0) is 12.6. The maximum absolute atomic E-state index is 10.6. The average Bonchev–Trinajstić information content (AvgIpc) is 2.75. The van der Waals surface area contributed by atoms with E-state index in [4.69, 9.17) is 14.7 Å². The van der Waals surface area contributed by atoms with Crippen LogP contribution in [0.2, 0.25) is 0 Å². The van der Waals surface area contributed by atoms with Gasteiger partial charge in [-0.2, -0.15) is 0 Å². The summed E-state index contributed by atoms with van der Waals surface area (Å²) in [7, 11) is 0. The second kappa shape index (κ2) is 3.71. The minimum Gasteiger partial charge on any atom is -0.504 e. The molecule has 7 heteroatoms. The molecule has 0 spiro atoms. The van der Waals surface area contributed by atoms with E-state index in [9.17, 15) is 15.0 Å². The summed E-state index contributed by atoms with van der Waals surface area (Å²) in [6.07, 6.45) is 0. The molecule has 0 saturated carbocycles. The summed E-state index contributed by atoms with van der Waals surface area (Å²) in [6.45, 7) is 0. The second-order valence-electron chi connectivity index (χ2n) is 3.21.